The third-order valence-electron chi connectivity index (χ3n) is 0. The molecule has 0 spiro atoms. The standard InChI is InChI=1S/Ir.2H2O.2O/h;2*1H2;;/q+4;;;2*-2. The Morgan fingerprint density at radius 3 is 0.600 bits per heavy atom. The van der Waals surface area contributed by atoms with Crippen LogP contribution in [0.3, 0.4) is 0 Å². The largest absolute Gasteiger partial charge is 4.00 e. The van der Waals surface area contributed by atoms with E-state index in [9.17, 15) is 0 Å². The van der Waals surface area contributed by atoms with Gasteiger partial charge in [-0.3, -0.25) is 0 Å². The first kappa shape index (κ1) is 462. The van der Waals surface area contributed by atoms with Crippen molar-refractivity contribution < 1.29 is 42.0 Å². The minimum Gasteiger partial charge on any atom is -2.00 e. The van der Waals surface area contributed by atoms with Gasteiger partial charge in [-0.2, -0.15) is 0 Å². The van der Waals surface area contributed by atoms with Gasteiger partial charge in [0, 0.05) is 0 Å². The van der Waals surface area contributed by atoms with E-state index in [1.165, 1.54) is 0 Å². The van der Waals surface area contributed by atoms with Crippen LogP contribution < -0.4 is 0 Å². The first-order valence-corrected chi connectivity index (χ1v) is 0. The number of rotatable bonds is 0. The van der Waals surface area contributed by atoms with E-state index >= 15 is 0 Å². The molecule has 0 aromatic heterocycles. The molecule has 5 heavy (non-hydrogen) atoms. The minimum atomic E-state index is 0. The average Bonchev–Trinajstić information content (AvgIpc) is 0. The Morgan fingerprint density at radius 1 is 0.600 bits per heavy atom. The van der Waals surface area contributed by atoms with Gasteiger partial charge >= 0.3 is 20.1 Å². The molecule has 0 aliphatic carbocycles. The molecule has 0 saturated heterocycles. The summed E-state index contributed by atoms with van der Waals surface area (Å²) in [4.78, 5) is 0. The maximum Gasteiger partial charge on any atom is 4.00 e. The summed E-state index contributed by atoms with van der Waals surface area (Å²) >= 11 is 0. The summed E-state index contributed by atoms with van der Waals surface area (Å²) in [5, 5.41) is 0. The van der Waals surface area contributed by atoms with Crippen LogP contribution in [0.1, 0.15) is 0 Å². The molecule has 0 aliphatic heterocycles. The van der Waals surface area contributed by atoms with E-state index < -0.39 is 0 Å². The van der Waals surface area contributed by atoms with Crippen LogP contribution in [0.4, 0.5) is 0 Å². The van der Waals surface area contributed by atoms with Crippen LogP contribution in [0.2, 0.25) is 0 Å². The normalized spacial score (nSPS) is 0. The first-order valence-electron chi connectivity index (χ1n) is 0. The Morgan fingerprint density at radius 2 is 0.600 bits per heavy atom. The molecule has 0 amide bonds. The maximum atomic E-state index is 0. The van der Waals surface area contributed by atoms with Crippen LogP contribution >= 0.6 is 0 Å². The molecule has 4 nitrogen and oxygen atoms in total. The molecule has 0 aromatic carbocycles. The molecule has 0 atom stereocenters. The second-order valence-electron chi connectivity index (χ2n) is 0. The van der Waals surface area contributed by atoms with Crippen molar-refractivity contribution in [2.45, 2.75) is 0 Å². The van der Waals surface area contributed by atoms with E-state index in [0.717, 1.165) is 0 Å². The van der Waals surface area contributed by atoms with Crippen molar-refractivity contribution in [2.75, 3.05) is 0 Å². The molecular formula is H4IrO4. The van der Waals surface area contributed by atoms with E-state index in [0.29, 0.717) is 0 Å². The Hall–Kier alpha value is 0.489. The summed E-state index contributed by atoms with van der Waals surface area (Å²) < 4.78 is 0. The fourth-order valence-corrected chi connectivity index (χ4v) is 0. The van der Waals surface area contributed by atoms with Gasteiger partial charge in [0.1, 0.15) is 0 Å². The predicted octanol–water partition coefficient (Wildman–Crippen LogP) is -1.89. The summed E-state index contributed by atoms with van der Waals surface area (Å²) in [5.74, 6) is 0. The molecule has 37 valence electrons. The van der Waals surface area contributed by atoms with Crippen LogP contribution in [0, 0.1) is 0 Å². The molecule has 5 heteroatoms. The Bertz CT molecular complexity index is 3.61. The Kier molecular flexibility index (Phi) is 21100. The molecule has 0 fully saturated rings. The van der Waals surface area contributed by atoms with E-state index in [2.05, 4.69) is 0 Å². The molecule has 0 aromatic rings. The van der Waals surface area contributed by atoms with Gasteiger partial charge in [0.2, 0.25) is 0 Å². The molecule has 4 N–H and O–H groups in total. The monoisotopic (exact) mass is 261 g/mol. The zero-order valence-corrected chi connectivity index (χ0v) is 4.54. The topological polar surface area (TPSA) is 120 Å². The van der Waals surface area contributed by atoms with Crippen molar-refractivity contribution in [2.24, 2.45) is 0 Å². The SMILES string of the molecule is O.O.[Ir+4].[O-2].[O-2]. The molecule has 0 saturated carbocycles. The molecule has 0 bridgehead atoms. The summed E-state index contributed by atoms with van der Waals surface area (Å²) in [6, 6.07) is 0. The van der Waals surface area contributed by atoms with Crippen LogP contribution in [0.25, 0.3) is 0 Å². The van der Waals surface area contributed by atoms with Crippen LogP contribution in [-0.4, -0.2) is 11.0 Å². The quantitative estimate of drug-likeness (QED) is 0.484. The van der Waals surface area contributed by atoms with Gasteiger partial charge in [-0.25, -0.2) is 0 Å². The second-order valence-corrected chi connectivity index (χ2v) is 0. The number of hydrogen-bond acceptors (Lipinski definition) is 0. The average molecular weight is 260 g/mol. The van der Waals surface area contributed by atoms with Gasteiger partial charge in [0.25, 0.3) is 0 Å². The van der Waals surface area contributed by atoms with Crippen LogP contribution in [0.5, 0.6) is 0 Å². The van der Waals surface area contributed by atoms with E-state index in [4.69, 9.17) is 0 Å². The van der Waals surface area contributed by atoms with Crippen molar-refractivity contribution in [3.8, 4) is 0 Å². The van der Waals surface area contributed by atoms with Gasteiger partial charge in [-0.15, -0.1) is 0 Å². The summed E-state index contributed by atoms with van der Waals surface area (Å²) in [5.41, 5.74) is 0. The number of hydrogen-bond donors (Lipinski definition) is 0. The smallest absolute Gasteiger partial charge is 2.00 e. The maximum absolute atomic E-state index is 0. The summed E-state index contributed by atoms with van der Waals surface area (Å²) in [6.45, 7) is 0. The third kappa shape index (κ3) is 116. The predicted molar refractivity (Wildman–Crippen MR) is 8.60 cm³/mol. The van der Waals surface area contributed by atoms with Crippen LogP contribution in [0.15, 0.2) is 0 Å². The minimum absolute atomic E-state index is 0. The van der Waals surface area contributed by atoms with Gasteiger partial charge < -0.3 is 21.9 Å². The van der Waals surface area contributed by atoms with Gasteiger partial charge in [0.05, 0.1) is 0 Å². The fourth-order valence-electron chi connectivity index (χ4n) is 0. The first-order chi connectivity index (χ1) is 0. The van der Waals surface area contributed by atoms with Crippen molar-refractivity contribution in [3.05, 3.63) is 0 Å². The molecule has 0 rings (SSSR count). The van der Waals surface area contributed by atoms with E-state index in [1.807, 2.05) is 0 Å². The van der Waals surface area contributed by atoms with Crippen molar-refractivity contribution >= 4 is 0 Å². The fraction of sp³-hybridized carbons (Fsp3) is 0. The molecule has 0 aliphatic rings. The van der Waals surface area contributed by atoms with Crippen molar-refractivity contribution in [1.29, 1.82) is 0 Å². The zero-order valence-electron chi connectivity index (χ0n) is 2.15. The van der Waals surface area contributed by atoms with Crippen LogP contribution in [-0.2, 0) is 31.1 Å². The van der Waals surface area contributed by atoms with E-state index in [1.54, 1.807) is 0 Å². The van der Waals surface area contributed by atoms with E-state index in [-0.39, 0.29) is 42.0 Å². The van der Waals surface area contributed by atoms with Crippen molar-refractivity contribution in [3.63, 3.8) is 0 Å². The summed E-state index contributed by atoms with van der Waals surface area (Å²) in [6.07, 6.45) is 0. The molecule has 0 unspecified atom stereocenters. The Labute approximate surface area is 42.8 Å². The van der Waals surface area contributed by atoms with Gasteiger partial charge in [-0.1, -0.05) is 0 Å². The molecular weight excluding hydrogens is 256 g/mol. The van der Waals surface area contributed by atoms with Crippen molar-refractivity contribution in [1.82, 2.24) is 0 Å². The second kappa shape index (κ2) is 228. The molecule has 1 radical (unpaired) electrons. The zero-order chi connectivity index (χ0) is 0. The summed E-state index contributed by atoms with van der Waals surface area (Å²) in [7, 11) is 0. The molecule has 0 heterocycles. The third-order valence-corrected chi connectivity index (χ3v) is 0. The van der Waals surface area contributed by atoms with Gasteiger partial charge in [-0.05, 0) is 0 Å². The Balaban J connectivity index is 0. The van der Waals surface area contributed by atoms with Gasteiger partial charge in [0.15, 0.2) is 0 Å².